The van der Waals surface area contributed by atoms with Gasteiger partial charge in [-0.15, -0.1) is 0 Å². The van der Waals surface area contributed by atoms with Gasteiger partial charge in [0.15, 0.2) is 5.82 Å². The van der Waals surface area contributed by atoms with E-state index in [0.29, 0.717) is 43.7 Å². The summed E-state index contributed by atoms with van der Waals surface area (Å²) in [5.74, 6) is -4.09. The van der Waals surface area contributed by atoms with E-state index >= 15 is 0 Å². The van der Waals surface area contributed by atoms with Gasteiger partial charge in [-0.05, 0) is 62.2 Å². The Hall–Kier alpha value is -2.63. The standard InChI is InChI=1S/C24H31F2N5O3S/c1-16-5-6-17(14-30-10-7-18(8-11-30)22(27)32)12-21(16)35(33,34)29(2)23-20(4-3-9-28-23)31(35)15-19-13-24(19,25)26/h3-6,9,12,18-19H,7-8,10-11,13-15H2,1-2H3,(H2,27,32)(H,33,34)/p-1. The van der Waals surface area contributed by atoms with Gasteiger partial charge in [-0.2, -0.15) is 9.72 Å². The molecule has 1 amide bonds. The Kier molecular flexibility index (Phi) is 5.46. The maximum Gasteiger partial charge on any atom is 0.253 e. The van der Waals surface area contributed by atoms with Gasteiger partial charge in [-0.25, -0.2) is 18.0 Å². The molecule has 2 aliphatic heterocycles. The Bertz CT molecular complexity index is 1250. The minimum Gasteiger partial charge on any atom is -0.732 e. The lowest BCUT2D eigenvalue weighted by Gasteiger charge is -2.62. The SMILES string of the molecule is Cc1ccc(CN2CCC(C(N)=O)CC2)cc1S1(=O)([O-])N(C)c2ncccc2N1CC1CC1(F)F. The van der Waals surface area contributed by atoms with Gasteiger partial charge in [0.2, 0.25) is 5.91 Å². The van der Waals surface area contributed by atoms with Crippen LogP contribution in [0.4, 0.5) is 20.3 Å². The van der Waals surface area contributed by atoms with Crippen LogP contribution in [0.2, 0.25) is 0 Å². The fourth-order valence-corrected chi connectivity index (χ4v) is 8.39. The lowest BCUT2D eigenvalue weighted by Crippen LogP contribution is -2.58. The third-order valence-electron chi connectivity index (χ3n) is 7.57. The largest absolute Gasteiger partial charge is 0.732 e. The second-order valence-corrected chi connectivity index (χ2v) is 12.9. The van der Waals surface area contributed by atoms with Crippen molar-refractivity contribution in [3.8, 4) is 0 Å². The number of pyridine rings is 1. The predicted molar refractivity (Wildman–Crippen MR) is 129 cm³/mol. The fourth-order valence-electron chi connectivity index (χ4n) is 5.22. The first-order valence-electron chi connectivity index (χ1n) is 11.8. The van der Waals surface area contributed by atoms with Crippen molar-refractivity contribution in [1.29, 1.82) is 0 Å². The number of sulfonamides is 2. The first-order chi connectivity index (χ1) is 16.4. The molecule has 3 aliphatic rings. The van der Waals surface area contributed by atoms with Gasteiger partial charge >= 0.3 is 0 Å². The van der Waals surface area contributed by atoms with Crippen LogP contribution in [0, 0.1) is 18.8 Å². The molecule has 2 aromatic rings. The maximum atomic E-state index is 14.8. The highest BCUT2D eigenvalue weighted by molar-refractivity contribution is 8.17. The average molecular weight is 507 g/mol. The molecular weight excluding hydrogens is 476 g/mol. The fraction of sp³-hybridized carbons (Fsp3) is 0.500. The number of nitrogens with two attached hydrogens (primary N) is 1. The van der Waals surface area contributed by atoms with E-state index in [1.165, 1.54) is 13.2 Å². The summed E-state index contributed by atoms with van der Waals surface area (Å²) in [7, 11) is -3.81. The van der Waals surface area contributed by atoms with Gasteiger partial charge in [0.1, 0.15) is 0 Å². The molecule has 3 heterocycles. The molecule has 0 bridgehead atoms. The van der Waals surface area contributed by atoms with Crippen molar-refractivity contribution < 1.29 is 22.3 Å². The Morgan fingerprint density at radius 2 is 1.97 bits per heavy atom. The van der Waals surface area contributed by atoms with E-state index in [1.807, 2.05) is 6.07 Å². The predicted octanol–water partition coefficient (Wildman–Crippen LogP) is 2.84. The van der Waals surface area contributed by atoms with Crippen LogP contribution in [0.3, 0.4) is 0 Å². The second-order valence-electron chi connectivity index (χ2n) is 9.92. The van der Waals surface area contributed by atoms with Crippen LogP contribution in [0.15, 0.2) is 41.4 Å². The molecule has 35 heavy (non-hydrogen) atoms. The third kappa shape index (κ3) is 3.80. The molecule has 1 atom stereocenters. The summed E-state index contributed by atoms with van der Waals surface area (Å²) in [5.41, 5.74) is 7.06. The number of rotatable bonds is 6. The molecule has 1 saturated carbocycles. The molecule has 8 nitrogen and oxygen atoms in total. The second kappa shape index (κ2) is 7.94. The molecule has 0 spiro atoms. The van der Waals surface area contributed by atoms with Crippen LogP contribution in [-0.4, -0.2) is 57.2 Å². The number of halogens is 2. The normalized spacial score (nSPS) is 26.1. The van der Waals surface area contributed by atoms with Crippen LogP contribution >= 0.6 is 0 Å². The molecule has 1 aromatic carbocycles. The molecule has 190 valence electrons. The van der Waals surface area contributed by atoms with Crippen molar-refractivity contribution >= 4 is 27.1 Å². The minimum atomic E-state index is -5.24. The Labute approximate surface area is 203 Å². The summed E-state index contributed by atoms with van der Waals surface area (Å²) in [6.07, 6.45) is 2.51. The molecule has 5 rings (SSSR count). The van der Waals surface area contributed by atoms with Gasteiger partial charge < -0.3 is 10.3 Å². The van der Waals surface area contributed by atoms with Gasteiger partial charge in [-0.3, -0.25) is 18.3 Å². The number of piperidine rings is 1. The highest BCUT2D eigenvalue weighted by Gasteiger charge is 2.59. The van der Waals surface area contributed by atoms with E-state index < -0.39 is 21.6 Å². The number of carbonyl (C=O) groups excluding carboxylic acids is 1. The molecule has 1 aromatic heterocycles. The number of aromatic nitrogens is 1. The summed E-state index contributed by atoms with van der Waals surface area (Å²) in [5, 5.41) is 0. The van der Waals surface area contributed by atoms with Crippen molar-refractivity contribution in [2.75, 3.05) is 35.3 Å². The molecule has 11 heteroatoms. The lowest BCUT2D eigenvalue weighted by molar-refractivity contribution is -0.123. The van der Waals surface area contributed by atoms with Crippen LogP contribution in [-0.2, 0) is 21.1 Å². The van der Waals surface area contributed by atoms with Crippen molar-refractivity contribution in [1.82, 2.24) is 9.88 Å². The summed E-state index contributed by atoms with van der Waals surface area (Å²) in [4.78, 5) is 18.0. The highest BCUT2D eigenvalue weighted by atomic mass is 32.3. The van der Waals surface area contributed by atoms with E-state index in [0.717, 1.165) is 14.2 Å². The van der Waals surface area contributed by atoms with Gasteiger partial charge in [0.25, 0.3) is 5.92 Å². The average Bonchev–Trinajstić information content (AvgIpc) is 3.39. The molecule has 2 N–H and O–H groups in total. The topological polar surface area (TPSA) is 106 Å². The van der Waals surface area contributed by atoms with E-state index in [-0.39, 0.29) is 35.5 Å². The summed E-state index contributed by atoms with van der Waals surface area (Å²) in [6.45, 7) is 3.29. The molecule has 1 saturated heterocycles. The van der Waals surface area contributed by atoms with Crippen molar-refractivity contribution in [2.24, 2.45) is 17.6 Å². The number of likely N-dealkylation sites (tertiary alicyclic amines) is 1. The van der Waals surface area contributed by atoms with Crippen molar-refractivity contribution in [2.45, 2.75) is 43.5 Å². The number of anilines is 2. The Morgan fingerprint density at radius 1 is 1.29 bits per heavy atom. The van der Waals surface area contributed by atoms with E-state index in [2.05, 4.69) is 9.88 Å². The summed E-state index contributed by atoms with van der Waals surface area (Å²) in [6, 6.07) is 8.52. The highest BCUT2D eigenvalue weighted by Crippen LogP contribution is 2.57. The number of alkyl halides is 2. The van der Waals surface area contributed by atoms with Crippen LogP contribution in [0.1, 0.15) is 30.4 Å². The number of primary amides is 1. The summed E-state index contributed by atoms with van der Waals surface area (Å²) >= 11 is 0. The quantitative estimate of drug-likeness (QED) is 0.649. The first kappa shape index (κ1) is 24.1. The van der Waals surface area contributed by atoms with Crippen molar-refractivity contribution in [3.05, 3.63) is 47.7 Å². The molecule has 1 aliphatic carbocycles. The zero-order valence-electron chi connectivity index (χ0n) is 19.8. The van der Waals surface area contributed by atoms with E-state index in [9.17, 15) is 22.3 Å². The van der Waals surface area contributed by atoms with E-state index in [1.54, 1.807) is 31.2 Å². The van der Waals surface area contributed by atoms with Crippen LogP contribution < -0.4 is 14.3 Å². The Balaban J connectivity index is 1.51. The first-order valence-corrected chi connectivity index (χ1v) is 13.6. The van der Waals surface area contributed by atoms with Gasteiger partial charge in [0, 0.05) is 44.6 Å². The number of amides is 1. The number of aryl methyl sites for hydroxylation is 1. The molecule has 1 unspecified atom stereocenters. The number of benzene rings is 1. The zero-order valence-corrected chi connectivity index (χ0v) is 20.6. The number of fused-ring (bicyclic) bond motifs is 1. The molecular formula is C24H30F2N5O3S-. The van der Waals surface area contributed by atoms with Crippen LogP contribution in [0.5, 0.6) is 0 Å². The zero-order chi connectivity index (χ0) is 25.2. The summed E-state index contributed by atoms with van der Waals surface area (Å²) < 4.78 is 59.7. The minimum absolute atomic E-state index is 0.0796. The number of nitrogens with zero attached hydrogens (tertiary/aromatic N) is 4. The number of hydrogen-bond donors (Lipinski definition) is 1. The molecule has 0 radical (unpaired) electrons. The smallest absolute Gasteiger partial charge is 0.253 e. The number of hydrogen-bond acceptors (Lipinski definition) is 5. The van der Waals surface area contributed by atoms with E-state index in [4.69, 9.17) is 5.73 Å². The lowest BCUT2D eigenvalue weighted by atomic mass is 9.96. The van der Waals surface area contributed by atoms with Gasteiger partial charge in [0.05, 0.1) is 10.6 Å². The monoisotopic (exact) mass is 506 g/mol. The van der Waals surface area contributed by atoms with Crippen molar-refractivity contribution in [3.63, 3.8) is 0 Å². The van der Waals surface area contributed by atoms with Gasteiger partial charge in [-0.1, -0.05) is 12.1 Å². The molecule has 2 fully saturated rings. The van der Waals surface area contributed by atoms with Crippen LogP contribution in [0.25, 0.3) is 0 Å². The maximum absolute atomic E-state index is 14.8. The number of carbonyl (C=O) groups is 1. The Morgan fingerprint density at radius 3 is 2.60 bits per heavy atom. The third-order valence-corrected chi connectivity index (χ3v) is 11.0.